The van der Waals surface area contributed by atoms with Gasteiger partial charge in [-0.05, 0) is 0 Å². The van der Waals surface area contributed by atoms with Gasteiger partial charge in [-0.2, -0.15) is 0 Å². The number of ether oxygens (including phenoxy) is 1. The van der Waals surface area contributed by atoms with Gasteiger partial charge >= 0.3 is 0 Å². The predicted molar refractivity (Wildman–Crippen MR) is 58.5 cm³/mol. The molecule has 3 nitrogen and oxygen atoms in total. The van der Waals surface area contributed by atoms with Crippen LogP contribution in [-0.4, -0.2) is 46.8 Å². The third kappa shape index (κ3) is 3.22. The summed E-state index contributed by atoms with van der Waals surface area (Å²) in [5.74, 6) is 0.146. The van der Waals surface area contributed by atoms with Crippen LogP contribution in [0.5, 0.6) is 0 Å². The second-order valence-electron chi connectivity index (χ2n) is 3.02. The number of halogens is 2. The summed E-state index contributed by atoms with van der Waals surface area (Å²) in [5, 5.41) is 0. The van der Waals surface area contributed by atoms with Crippen molar-refractivity contribution in [2.24, 2.45) is 0 Å². The van der Waals surface area contributed by atoms with Crippen LogP contribution in [0.1, 0.15) is 6.92 Å². The van der Waals surface area contributed by atoms with Gasteiger partial charge in [0.15, 0.2) is 0 Å². The largest absolute Gasteiger partial charge is 0.378 e. The Balaban J connectivity index is 2.45. The van der Waals surface area contributed by atoms with E-state index in [0.29, 0.717) is 26.3 Å². The minimum absolute atomic E-state index is 0.134. The van der Waals surface area contributed by atoms with E-state index in [1.54, 1.807) is 0 Å². The molecule has 1 fully saturated rings. The monoisotopic (exact) mass is 313 g/mol. The van der Waals surface area contributed by atoms with E-state index in [-0.39, 0.29) is 15.6 Å². The van der Waals surface area contributed by atoms with Crippen LogP contribution in [0.25, 0.3) is 0 Å². The molecule has 0 saturated carbocycles. The first-order valence-corrected chi connectivity index (χ1v) is 6.10. The second-order valence-corrected chi connectivity index (χ2v) is 5.45. The van der Waals surface area contributed by atoms with Gasteiger partial charge in [0.25, 0.3) is 0 Å². The maximum atomic E-state index is 11.7. The molecule has 0 aromatic heterocycles. The number of rotatable bonds is 2. The highest BCUT2D eigenvalue weighted by Gasteiger charge is 2.26. The summed E-state index contributed by atoms with van der Waals surface area (Å²) in [6.45, 7) is 4.68. The molecule has 0 aromatic carbocycles. The van der Waals surface area contributed by atoms with Gasteiger partial charge in [-0.3, -0.25) is 4.79 Å². The van der Waals surface area contributed by atoms with E-state index in [1.807, 2.05) is 11.8 Å². The highest BCUT2D eigenvalue weighted by Crippen LogP contribution is 2.16. The minimum Gasteiger partial charge on any atom is -0.378 e. The lowest BCUT2D eigenvalue weighted by atomic mass is 10.3. The van der Waals surface area contributed by atoms with E-state index in [0.717, 1.165) is 0 Å². The Hall–Kier alpha value is 0.390. The Kier molecular flexibility index (Phi) is 4.69. The topological polar surface area (TPSA) is 29.5 Å². The zero-order valence-corrected chi connectivity index (χ0v) is 10.7. The van der Waals surface area contributed by atoms with Gasteiger partial charge in [0, 0.05) is 17.9 Å². The van der Waals surface area contributed by atoms with Gasteiger partial charge in [-0.1, -0.05) is 38.8 Å². The molecular weight excluding hydrogens is 302 g/mol. The quantitative estimate of drug-likeness (QED) is 0.721. The molecular formula is C8H13Br2NO2. The Morgan fingerprint density at radius 2 is 1.92 bits per heavy atom. The van der Waals surface area contributed by atoms with Crippen LogP contribution in [0, 0.1) is 0 Å². The molecule has 2 atom stereocenters. The average Bonchev–Trinajstić information content (AvgIpc) is 2.17. The first-order valence-electron chi connectivity index (χ1n) is 4.27. The number of carbonyl (C=O) groups excluding carboxylic acids is 1. The molecule has 0 N–H and O–H groups in total. The summed E-state index contributed by atoms with van der Waals surface area (Å²) in [4.78, 5) is 13.6. The number of amides is 1. The number of morpholine rings is 1. The zero-order chi connectivity index (χ0) is 9.84. The molecule has 5 heteroatoms. The molecule has 76 valence electrons. The molecule has 0 aliphatic carbocycles. The summed E-state index contributed by atoms with van der Waals surface area (Å²) in [7, 11) is 0. The third-order valence-electron chi connectivity index (χ3n) is 1.96. The number of carbonyl (C=O) groups is 1. The zero-order valence-electron chi connectivity index (χ0n) is 7.50. The fourth-order valence-corrected chi connectivity index (χ4v) is 1.67. The fourth-order valence-electron chi connectivity index (χ4n) is 1.15. The summed E-state index contributed by atoms with van der Waals surface area (Å²) in [6, 6.07) is 0. The third-order valence-corrected chi connectivity index (χ3v) is 4.38. The van der Waals surface area contributed by atoms with Crippen molar-refractivity contribution in [3.63, 3.8) is 0 Å². The van der Waals surface area contributed by atoms with Gasteiger partial charge in [-0.25, -0.2) is 0 Å². The van der Waals surface area contributed by atoms with Crippen LogP contribution in [0.15, 0.2) is 0 Å². The van der Waals surface area contributed by atoms with Crippen LogP contribution in [-0.2, 0) is 9.53 Å². The van der Waals surface area contributed by atoms with E-state index in [4.69, 9.17) is 4.74 Å². The number of hydrogen-bond donors (Lipinski definition) is 0. The van der Waals surface area contributed by atoms with Crippen molar-refractivity contribution >= 4 is 37.8 Å². The highest BCUT2D eigenvalue weighted by molar-refractivity contribution is 9.12. The highest BCUT2D eigenvalue weighted by atomic mass is 79.9. The van der Waals surface area contributed by atoms with Gasteiger partial charge in [-0.15, -0.1) is 0 Å². The van der Waals surface area contributed by atoms with Crippen LogP contribution >= 0.6 is 31.9 Å². The van der Waals surface area contributed by atoms with Gasteiger partial charge in [0.1, 0.15) is 4.83 Å². The van der Waals surface area contributed by atoms with Crippen molar-refractivity contribution in [1.82, 2.24) is 4.90 Å². The molecule has 0 aromatic rings. The van der Waals surface area contributed by atoms with Crippen molar-refractivity contribution in [1.29, 1.82) is 0 Å². The molecule has 1 amide bonds. The molecule has 1 saturated heterocycles. The van der Waals surface area contributed by atoms with E-state index in [2.05, 4.69) is 31.9 Å². The van der Waals surface area contributed by atoms with Crippen LogP contribution < -0.4 is 0 Å². The molecule has 1 aliphatic heterocycles. The summed E-state index contributed by atoms with van der Waals surface area (Å²) in [6.07, 6.45) is 0. The molecule has 0 spiro atoms. The summed E-state index contributed by atoms with van der Waals surface area (Å²) < 4.78 is 5.17. The van der Waals surface area contributed by atoms with Gasteiger partial charge < -0.3 is 9.64 Å². The predicted octanol–water partition coefficient (Wildman–Crippen LogP) is 1.39. The maximum absolute atomic E-state index is 11.7. The van der Waals surface area contributed by atoms with Crippen LogP contribution in [0.2, 0.25) is 0 Å². The molecule has 1 rings (SSSR count). The lowest BCUT2D eigenvalue weighted by Crippen LogP contribution is -2.45. The van der Waals surface area contributed by atoms with Crippen LogP contribution in [0.4, 0.5) is 0 Å². The number of hydrogen-bond acceptors (Lipinski definition) is 2. The molecule has 0 unspecified atom stereocenters. The van der Waals surface area contributed by atoms with E-state index in [1.165, 1.54) is 0 Å². The lowest BCUT2D eigenvalue weighted by Gasteiger charge is -2.29. The van der Waals surface area contributed by atoms with Crippen molar-refractivity contribution in [2.75, 3.05) is 26.3 Å². The normalized spacial score (nSPS) is 22.5. The smallest absolute Gasteiger partial charge is 0.237 e. The van der Waals surface area contributed by atoms with Crippen molar-refractivity contribution < 1.29 is 9.53 Å². The van der Waals surface area contributed by atoms with Crippen molar-refractivity contribution in [3.05, 3.63) is 0 Å². The fraction of sp³-hybridized carbons (Fsp3) is 0.875. The molecule has 0 radical (unpaired) electrons. The molecule has 0 bridgehead atoms. The Morgan fingerprint density at radius 3 is 2.38 bits per heavy atom. The molecule has 1 heterocycles. The van der Waals surface area contributed by atoms with E-state index in [9.17, 15) is 4.79 Å². The molecule has 13 heavy (non-hydrogen) atoms. The van der Waals surface area contributed by atoms with Gasteiger partial charge in [0.2, 0.25) is 5.91 Å². The van der Waals surface area contributed by atoms with Crippen molar-refractivity contribution in [3.8, 4) is 0 Å². The first-order chi connectivity index (χ1) is 6.13. The SMILES string of the molecule is C[C@@H](Br)[C@H](Br)C(=O)N1CCOCC1. The summed E-state index contributed by atoms with van der Waals surface area (Å²) >= 11 is 6.75. The lowest BCUT2D eigenvalue weighted by molar-refractivity contribution is -0.134. The van der Waals surface area contributed by atoms with Crippen LogP contribution in [0.3, 0.4) is 0 Å². The second kappa shape index (κ2) is 5.32. The van der Waals surface area contributed by atoms with E-state index >= 15 is 0 Å². The minimum atomic E-state index is -0.134. The average molecular weight is 315 g/mol. The molecule has 1 aliphatic rings. The van der Waals surface area contributed by atoms with E-state index < -0.39 is 0 Å². The Labute approximate surface area is 95.1 Å². The maximum Gasteiger partial charge on any atom is 0.237 e. The first kappa shape index (κ1) is 11.5. The standard InChI is InChI=1S/C8H13Br2NO2/c1-6(9)7(10)8(12)11-2-4-13-5-3-11/h6-7H,2-5H2,1H3/t6-,7+/m1/s1. The Bertz CT molecular complexity index is 181. The van der Waals surface area contributed by atoms with Gasteiger partial charge in [0.05, 0.1) is 13.2 Å². The van der Waals surface area contributed by atoms with Crippen molar-refractivity contribution in [2.45, 2.75) is 16.6 Å². The number of nitrogens with zero attached hydrogens (tertiary/aromatic N) is 1. The summed E-state index contributed by atoms with van der Waals surface area (Å²) in [5.41, 5.74) is 0. The number of alkyl halides is 2. The Morgan fingerprint density at radius 1 is 1.38 bits per heavy atom.